The molecule has 0 unspecified atom stereocenters. The number of nitrogens with two attached hydrogens (primary N) is 1. The van der Waals surface area contributed by atoms with E-state index in [1.165, 1.54) is 11.1 Å². The van der Waals surface area contributed by atoms with Crippen molar-refractivity contribution >= 4 is 17.1 Å². The van der Waals surface area contributed by atoms with E-state index >= 15 is 0 Å². The van der Waals surface area contributed by atoms with E-state index in [2.05, 4.69) is 31.3 Å². The summed E-state index contributed by atoms with van der Waals surface area (Å²) in [4.78, 5) is 0. The van der Waals surface area contributed by atoms with Gasteiger partial charge in [-0.2, -0.15) is 0 Å². The highest BCUT2D eigenvalue weighted by molar-refractivity contribution is 5.77. The van der Waals surface area contributed by atoms with Crippen LogP contribution in [-0.4, -0.2) is 14.2 Å². The van der Waals surface area contributed by atoms with Crippen LogP contribution in [-0.2, 0) is 0 Å². The molecule has 0 fully saturated rings. The fourth-order valence-corrected chi connectivity index (χ4v) is 2.10. The van der Waals surface area contributed by atoms with Crippen LogP contribution in [0.25, 0.3) is 0 Å². The van der Waals surface area contributed by atoms with E-state index in [1.54, 1.807) is 20.3 Å². The second kappa shape index (κ2) is 5.74. The van der Waals surface area contributed by atoms with Crippen molar-refractivity contribution in [1.29, 1.82) is 0 Å². The molecule has 0 atom stereocenters. The van der Waals surface area contributed by atoms with Gasteiger partial charge >= 0.3 is 0 Å². The molecule has 4 nitrogen and oxygen atoms in total. The molecule has 0 aliphatic heterocycles. The van der Waals surface area contributed by atoms with Crippen molar-refractivity contribution in [2.24, 2.45) is 0 Å². The van der Waals surface area contributed by atoms with Crippen LogP contribution in [0.4, 0.5) is 17.1 Å². The molecule has 0 aliphatic rings. The number of methoxy groups -OCH3 is 2. The SMILES string of the molecule is COc1cc(N)c(Nc2ccc(C)cc2C)cc1OC. The van der Waals surface area contributed by atoms with E-state index in [4.69, 9.17) is 15.2 Å². The van der Waals surface area contributed by atoms with E-state index in [-0.39, 0.29) is 0 Å². The minimum Gasteiger partial charge on any atom is -0.493 e. The Hall–Kier alpha value is -2.36. The predicted molar refractivity (Wildman–Crippen MR) is 83.2 cm³/mol. The quantitative estimate of drug-likeness (QED) is 0.834. The van der Waals surface area contributed by atoms with Gasteiger partial charge in [-0.25, -0.2) is 0 Å². The standard InChI is InChI=1S/C16H20N2O2/c1-10-5-6-13(11(2)7-10)18-14-9-16(20-4)15(19-3)8-12(14)17/h5-9,18H,17H2,1-4H3. The summed E-state index contributed by atoms with van der Waals surface area (Å²) in [7, 11) is 3.20. The third-order valence-corrected chi connectivity index (χ3v) is 3.21. The maximum Gasteiger partial charge on any atom is 0.162 e. The Bertz CT molecular complexity index is 624. The smallest absolute Gasteiger partial charge is 0.162 e. The molecule has 0 aliphatic carbocycles. The lowest BCUT2D eigenvalue weighted by Gasteiger charge is -2.15. The van der Waals surface area contributed by atoms with Crippen molar-refractivity contribution in [3.63, 3.8) is 0 Å². The van der Waals surface area contributed by atoms with E-state index < -0.39 is 0 Å². The van der Waals surface area contributed by atoms with Crippen molar-refractivity contribution < 1.29 is 9.47 Å². The first-order valence-electron chi connectivity index (χ1n) is 6.41. The fourth-order valence-electron chi connectivity index (χ4n) is 2.10. The van der Waals surface area contributed by atoms with Gasteiger partial charge in [0.05, 0.1) is 25.6 Å². The largest absolute Gasteiger partial charge is 0.493 e. The summed E-state index contributed by atoms with van der Waals surface area (Å²) >= 11 is 0. The Kier molecular flexibility index (Phi) is 4.03. The van der Waals surface area contributed by atoms with Crippen LogP contribution in [0.3, 0.4) is 0 Å². The van der Waals surface area contributed by atoms with Gasteiger partial charge in [-0.05, 0) is 25.5 Å². The van der Waals surface area contributed by atoms with E-state index in [1.807, 2.05) is 12.1 Å². The molecule has 3 N–H and O–H groups in total. The van der Waals surface area contributed by atoms with Crippen LogP contribution in [0.2, 0.25) is 0 Å². The highest BCUT2D eigenvalue weighted by Gasteiger charge is 2.10. The van der Waals surface area contributed by atoms with Crippen molar-refractivity contribution in [2.75, 3.05) is 25.3 Å². The second-order valence-corrected chi connectivity index (χ2v) is 4.74. The molecule has 0 saturated carbocycles. The first-order chi connectivity index (χ1) is 9.55. The summed E-state index contributed by atoms with van der Waals surface area (Å²) < 4.78 is 10.5. The molecule has 0 saturated heterocycles. The lowest BCUT2D eigenvalue weighted by molar-refractivity contribution is 0.355. The molecule has 0 radical (unpaired) electrons. The van der Waals surface area contributed by atoms with Gasteiger partial charge in [0.15, 0.2) is 11.5 Å². The minimum atomic E-state index is 0.614. The molecule has 0 bridgehead atoms. The molecule has 0 amide bonds. The number of anilines is 3. The number of benzene rings is 2. The van der Waals surface area contributed by atoms with Crippen LogP contribution >= 0.6 is 0 Å². The van der Waals surface area contributed by atoms with Crippen molar-refractivity contribution in [3.8, 4) is 11.5 Å². The predicted octanol–water partition coefficient (Wildman–Crippen LogP) is 3.65. The zero-order chi connectivity index (χ0) is 14.7. The number of nitrogens with one attached hydrogen (secondary N) is 1. The van der Waals surface area contributed by atoms with Gasteiger partial charge < -0.3 is 20.5 Å². The number of rotatable bonds is 4. The average molecular weight is 272 g/mol. The highest BCUT2D eigenvalue weighted by atomic mass is 16.5. The van der Waals surface area contributed by atoms with E-state index in [0.717, 1.165) is 11.4 Å². The Balaban J connectivity index is 2.38. The van der Waals surface area contributed by atoms with Gasteiger partial charge in [0.25, 0.3) is 0 Å². The van der Waals surface area contributed by atoms with Gasteiger partial charge in [0.2, 0.25) is 0 Å². The summed E-state index contributed by atoms with van der Waals surface area (Å²) in [5.41, 5.74) is 10.9. The molecule has 4 heteroatoms. The van der Waals surface area contributed by atoms with Crippen LogP contribution in [0.1, 0.15) is 11.1 Å². The van der Waals surface area contributed by atoms with Gasteiger partial charge in [-0.3, -0.25) is 0 Å². The fraction of sp³-hybridized carbons (Fsp3) is 0.250. The molecule has 2 aromatic carbocycles. The Morgan fingerprint density at radius 2 is 1.55 bits per heavy atom. The molecule has 0 spiro atoms. The van der Waals surface area contributed by atoms with Crippen LogP contribution in [0.15, 0.2) is 30.3 Å². The lowest BCUT2D eigenvalue weighted by atomic mass is 10.1. The van der Waals surface area contributed by atoms with Gasteiger partial charge in [0.1, 0.15) is 0 Å². The summed E-state index contributed by atoms with van der Waals surface area (Å²) in [6.45, 7) is 4.13. The topological polar surface area (TPSA) is 56.5 Å². The number of hydrogen-bond acceptors (Lipinski definition) is 4. The zero-order valence-electron chi connectivity index (χ0n) is 12.3. The van der Waals surface area contributed by atoms with Gasteiger partial charge in [0, 0.05) is 17.8 Å². The molecular formula is C16H20N2O2. The maximum absolute atomic E-state index is 6.05. The molecule has 0 aromatic heterocycles. The molecule has 20 heavy (non-hydrogen) atoms. The van der Waals surface area contributed by atoms with E-state index in [0.29, 0.717) is 17.2 Å². The second-order valence-electron chi connectivity index (χ2n) is 4.74. The number of hydrogen-bond donors (Lipinski definition) is 2. The first-order valence-corrected chi connectivity index (χ1v) is 6.41. The number of aryl methyl sites for hydroxylation is 2. The third kappa shape index (κ3) is 2.79. The monoisotopic (exact) mass is 272 g/mol. The van der Waals surface area contributed by atoms with Crippen LogP contribution in [0.5, 0.6) is 11.5 Å². The molecule has 0 heterocycles. The summed E-state index contributed by atoms with van der Waals surface area (Å²) in [6, 6.07) is 9.82. The third-order valence-electron chi connectivity index (χ3n) is 3.21. The Labute approximate surface area is 119 Å². The lowest BCUT2D eigenvalue weighted by Crippen LogP contribution is -2.00. The Morgan fingerprint density at radius 3 is 2.15 bits per heavy atom. The molecular weight excluding hydrogens is 252 g/mol. The normalized spacial score (nSPS) is 10.2. The zero-order valence-corrected chi connectivity index (χ0v) is 12.3. The van der Waals surface area contributed by atoms with Crippen LogP contribution < -0.4 is 20.5 Å². The van der Waals surface area contributed by atoms with Crippen LogP contribution in [0, 0.1) is 13.8 Å². The summed E-state index contributed by atoms with van der Waals surface area (Å²) in [6.07, 6.45) is 0. The molecule has 106 valence electrons. The molecule has 2 aromatic rings. The van der Waals surface area contributed by atoms with Crippen molar-refractivity contribution in [2.45, 2.75) is 13.8 Å². The van der Waals surface area contributed by atoms with Gasteiger partial charge in [-0.15, -0.1) is 0 Å². The van der Waals surface area contributed by atoms with Crippen molar-refractivity contribution in [1.82, 2.24) is 0 Å². The average Bonchev–Trinajstić information content (AvgIpc) is 2.43. The van der Waals surface area contributed by atoms with Crippen molar-refractivity contribution in [3.05, 3.63) is 41.5 Å². The van der Waals surface area contributed by atoms with Gasteiger partial charge in [-0.1, -0.05) is 17.7 Å². The Morgan fingerprint density at radius 1 is 0.900 bits per heavy atom. The highest BCUT2D eigenvalue weighted by Crippen LogP contribution is 2.36. The number of ether oxygens (including phenoxy) is 2. The maximum atomic E-state index is 6.05. The van der Waals surface area contributed by atoms with E-state index in [9.17, 15) is 0 Å². The molecule has 2 rings (SSSR count). The first kappa shape index (κ1) is 14.1. The summed E-state index contributed by atoms with van der Waals surface area (Å²) in [5, 5.41) is 3.33. The summed E-state index contributed by atoms with van der Waals surface area (Å²) in [5.74, 6) is 1.27. The number of nitrogen functional groups attached to an aromatic ring is 1. The minimum absolute atomic E-state index is 0.614.